The van der Waals surface area contributed by atoms with Gasteiger partial charge < -0.3 is 0 Å². The van der Waals surface area contributed by atoms with Crippen molar-refractivity contribution in [2.45, 2.75) is 0 Å². The third-order valence-electron chi connectivity index (χ3n) is 0.809. The van der Waals surface area contributed by atoms with E-state index in [-0.39, 0.29) is 20.4 Å². The minimum absolute atomic E-state index is 0. The van der Waals surface area contributed by atoms with E-state index in [2.05, 4.69) is 4.98 Å². The number of aromatic nitrogens is 1. The molecule has 0 aliphatic heterocycles. The topological polar surface area (TPSA) is 30.0 Å². The molecule has 0 radical (unpaired) electrons. The smallest absolute Gasteiger partial charge is 0.168 e. The predicted molar refractivity (Wildman–Crippen MR) is 29.6 cm³/mol. The maximum absolute atomic E-state index is 9.94. The minimum atomic E-state index is 0. The van der Waals surface area contributed by atoms with E-state index >= 15 is 0 Å². The van der Waals surface area contributed by atoms with E-state index in [1.54, 1.807) is 24.4 Å². The molecule has 0 amide bonds. The van der Waals surface area contributed by atoms with Crippen molar-refractivity contribution < 1.29 is 25.2 Å². The first-order valence-corrected chi connectivity index (χ1v) is 2.29. The molecule has 0 aliphatic carbocycles. The van der Waals surface area contributed by atoms with Crippen LogP contribution in [0.15, 0.2) is 24.4 Å². The van der Waals surface area contributed by atoms with Gasteiger partial charge in [-0.1, -0.05) is 6.07 Å². The van der Waals surface area contributed by atoms with Crippen LogP contribution in [-0.2, 0) is 20.4 Å². The van der Waals surface area contributed by atoms with Gasteiger partial charge in [-0.05, 0) is 12.1 Å². The van der Waals surface area contributed by atoms with E-state index in [9.17, 15) is 4.79 Å². The second kappa shape index (κ2) is 4.37. The van der Waals surface area contributed by atoms with Crippen molar-refractivity contribution in [3.8, 4) is 0 Å². The van der Waals surface area contributed by atoms with Crippen LogP contribution in [0.3, 0.4) is 0 Å². The first-order valence-electron chi connectivity index (χ1n) is 2.29. The Bertz CT molecular complexity index is 176. The molecular formula is C6H5NOPd. The maximum Gasteiger partial charge on any atom is 0.168 e. The van der Waals surface area contributed by atoms with Crippen molar-refractivity contribution in [3.63, 3.8) is 0 Å². The number of aldehydes is 1. The molecule has 50 valence electrons. The van der Waals surface area contributed by atoms with Crippen molar-refractivity contribution in [2.24, 2.45) is 0 Å². The Labute approximate surface area is 67.0 Å². The maximum atomic E-state index is 9.94. The second-order valence-corrected chi connectivity index (χ2v) is 1.37. The van der Waals surface area contributed by atoms with Crippen molar-refractivity contribution in [3.05, 3.63) is 30.1 Å². The number of nitrogens with zero attached hydrogens (tertiary/aromatic N) is 1. The Kier molecular flexibility index (Phi) is 4.12. The monoisotopic (exact) mass is 213 g/mol. The molecule has 1 aromatic heterocycles. The van der Waals surface area contributed by atoms with E-state index in [1.165, 1.54) is 0 Å². The normalized spacial score (nSPS) is 7.56. The summed E-state index contributed by atoms with van der Waals surface area (Å²) < 4.78 is 0. The number of carbonyl (C=O) groups is 1. The molecule has 0 N–H and O–H groups in total. The quantitative estimate of drug-likeness (QED) is 0.512. The molecule has 0 atom stereocenters. The molecule has 0 spiro atoms. The van der Waals surface area contributed by atoms with Gasteiger partial charge in [0.15, 0.2) is 6.29 Å². The van der Waals surface area contributed by atoms with Crippen LogP contribution in [0.5, 0.6) is 0 Å². The van der Waals surface area contributed by atoms with Crippen LogP contribution in [0, 0.1) is 0 Å². The predicted octanol–water partition coefficient (Wildman–Crippen LogP) is 0.892. The Balaban J connectivity index is 0.000000640. The summed E-state index contributed by atoms with van der Waals surface area (Å²) in [5.41, 5.74) is 0.479. The molecule has 1 rings (SSSR count). The number of hydrogen-bond acceptors (Lipinski definition) is 2. The Morgan fingerprint density at radius 3 is 2.56 bits per heavy atom. The molecular weight excluding hydrogens is 208 g/mol. The zero-order valence-electron chi connectivity index (χ0n) is 4.56. The summed E-state index contributed by atoms with van der Waals surface area (Å²) in [6.45, 7) is 0. The molecule has 0 aliphatic rings. The number of rotatable bonds is 1. The van der Waals surface area contributed by atoms with E-state index in [0.29, 0.717) is 5.69 Å². The van der Waals surface area contributed by atoms with E-state index < -0.39 is 0 Å². The van der Waals surface area contributed by atoms with Crippen molar-refractivity contribution in [2.75, 3.05) is 0 Å². The van der Waals surface area contributed by atoms with Gasteiger partial charge in [-0.25, -0.2) is 0 Å². The van der Waals surface area contributed by atoms with Crippen molar-refractivity contribution >= 4 is 6.29 Å². The third kappa shape index (κ3) is 2.50. The largest absolute Gasteiger partial charge is 0.296 e. The van der Waals surface area contributed by atoms with Crippen LogP contribution in [-0.4, -0.2) is 11.3 Å². The van der Waals surface area contributed by atoms with Gasteiger partial charge in [0.05, 0.1) is 0 Å². The fourth-order valence-electron chi connectivity index (χ4n) is 0.446. The van der Waals surface area contributed by atoms with E-state index in [4.69, 9.17) is 0 Å². The molecule has 1 aromatic rings. The van der Waals surface area contributed by atoms with Crippen LogP contribution in [0.4, 0.5) is 0 Å². The van der Waals surface area contributed by atoms with Gasteiger partial charge in [-0.2, -0.15) is 0 Å². The average Bonchev–Trinajstić information content (AvgIpc) is 1.90. The van der Waals surface area contributed by atoms with Crippen LogP contribution < -0.4 is 0 Å². The molecule has 1 heterocycles. The van der Waals surface area contributed by atoms with Crippen molar-refractivity contribution in [1.82, 2.24) is 4.98 Å². The van der Waals surface area contributed by atoms with Gasteiger partial charge in [0.1, 0.15) is 5.69 Å². The second-order valence-electron chi connectivity index (χ2n) is 1.37. The molecule has 3 heteroatoms. The van der Waals surface area contributed by atoms with E-state index in [1.807, 2.05) is 0 Å². The zero-order chi connectivity index (χ0) is 5.82. The van der Waals surface area contributed by atoms with Gasteiger partial charge in [0, 0.05) is 26.6 Å². The number of hydrogen-bond donors (Lipinski definition) is 0. The molecule has 0 bridgehead atoms. The summed E-state index contributed by atoms with van der Waals surface area (Å²) in [7, 11) is 0. The molecule has 0 aromatic carbocycles. The molecule has 0 saturated carbocycles. The summed E-state index contributed by atoms with van der Waals surface area (Å²) >= 11 is 0. The summed E-state index contributed by atoms with van der Waals surface area (Å²) in [5.74, 6) is 0. The van der Waals surface area contributed by atoms with Gasteiger partial charge in [-0.3, -0.25) is 9.78 Å². The Morgan fingerprint density at radius 2 is 2.22 bits per heavy atom. The Morgan fingerprint density at radius 1 is 1.44 bits per heavy atom. The van der Waals surface area contributed by atoms with E-state index in [0.717, 1.165) is 6.29 Å². The summed E-state index contributed by atoms with van der Waals surface area (Å²) in [6.07, 6.45) is 2.31. The fourth-order valence-corrected chi connectivity index (χ4v) is 0.446. The molecule has 2 nitrogen and oxygen atoms in total. The minimum Gasteiger partial charge on any atom is -0.296 e. The first kappa shape index (κ1) is 8.48. The van der Waals surface area contributed by atoms with Gasteiger partial charge in [0.25, 0.3) is 0 Å². The Hall–Kier alpha value is -0.518. The van der Waals surface area contributed by atoms with Crippen LogP contribution in [0.2, 0.25) is 0 Å². The molecule has 0 saturated heterocycles. The van der Waals surface area contributed by atoms with Gasteiger partial charge in [0.2, 0.25) is 0 Å². The summed E-state index contributed by atoms with van der Waals surface area (Å²) in [5, 5.41) is 0. The average molecular weight is 214 g/mol. The fraction of sp³-hybridized carbons (Fsp3) is 0. The van der Waals surface area contributed by atoms with Gasteiger partial charge in [-0.15, -0.1) is 0 Å². The molecule has 0 fully saturated rings. The summed E-state index contributed by atoms with van der Waals surface area (Å²) in [4.78, 5) is 13.7. The summed E-state index contributed by atoms with van der Waals surface area (Å²) in [6, 6.07) is 5.21. The van der Waals surface area contributed by atoms with Gasteiger partial charge >= 0.3 is 0 Å². The standard InChI is InChI=1S/C6H5NO.Pd/c8-5-6-3-1-2-4-7-6;/h1-5H;. The third-order valence-corrected chi connectivity index (χ3v) is 0.809. The SMILES string of the molecule is O=Cc1ccccn1.[Pd]. The molecule has 9 heavy (non-hydrogen) atoms. The van der Waals surface area contributed by atoms with Crippen LogP contribution >= 0.6 is 0 Å². The van der Waals surface area contributed by atoms with Crippen LogP contribution in [0.1, 0.15) is 10.5 Å². The number of pyridine rings is 1. The van der Waals surface area contributed by atoms with Crippen molar-refractivity contribution in [1.29, 1.82) is 0 Å². The zero-order valence-corrected chi connectivity index (χ0v) is 6.11. The first-order chi connectivity index (χ1) is 3.93. The van der Waals surface area contributed by atoms with Crippen LogP contribution in [0.25, 0.3) is 0 Å². The molecule has 0 unspecified atom stereocenters. The number of carbonyl (C=O) groups excluding carboxylic acids is 1.